The van der Waals surface area contributed by atoms with Crippen molar-refractivity contribution < 1.29 is 24.2 Å². The number of ketones is 1. The fraction of sp³-hybridized carbons (Fsp3) is 0.407. The van der Waals surface area contributed by atoms with Gasteiger partial charge in [0.15, 0.2) is 0 Å². The first kappa shape index (κ1) is 25.3. The first-order valence-corrected chi connectivity index (χ1v) is 11.8. The molecule has 1 saturated heterocycles. The smallest absolute Gasteiger partial charge is 0.295 e. The van der Waals surface area contributed by atoms with Crippen LogP contribution in [0.25, 0.3) is 5.76 Å². The van der Waals surface area contributed by atoms with Gasteiger partial charge >= 0.3 is 0 Å². The lowest BCUT2D eigenvalue weighted by atomic mass is 9.95. The van der Waals surface area contributed by atoms with E-state index in [1.807, 2.05) is 31.2 Å². The number of amides is 1. The van der Waals surface area contributed by atoms with Crippen molar-refractivity contribution in [2.24, 2.45) is 0 Å². The van der Waals surface area contributed by atoms with Crippen molar-refractivity contribution >= 4 is 17.4 Å². The summed E-state index contributed by atoms with van der Waals surface area (Å²) in [6.45, 7) is 9.75. The van der Waals surface area contributed by atoms with E-state index >= 15 is 0 Å². The molecule has 7 nitrogen and oxygen atoms in total. The van der Waals surface area contributed by atoms with Crippen molar-refractivity contribution in [2.45, 2.75) is 33.2 Å². The van der Waals surface area contributed by atoms with Crippen LogP contribution in [-0.4, -0.2) is 66.5 Å². The van der Waals surface area contributed by atoms with Gasteiger partial charge in [-0.3, -0.25) is 9.59 Å². The van der Waals surface area contributed by atoms with Gasteiger partial charge in [0.1, 0.15) is 17.3 Å². The lowest BCUT2D eigenvalue weighted by molar-refractivity contribution is -0.140. The molecule has 3 rings (SSSR count). The highest BCUT2D eigenvalue weighted by molar-refractivity contribution is 6.46. The SMILES string of the molecule is CCOc1ccc([C@@H]2/C(=C(\O)c3ccc(OC)cc3)C(=O)C(=O)N2CCCN(CC)CC)cc1. The molecule has 1 aliphatic rings. The number of methoxy groups -OCH3 is 1. The van der Waals surface area contributed by atoms with Crippen LogP contribution < -0.4 is 9.47 Å². The highest BCUT2D eigenvalue weighted by Gasteiger charge is 2.45. The van der Waals surface area contributed by atoms with Gasteiger partial charge in [0.05, 0.1) is 25.3 Å². The van der Waals surface area contributed by atoms with Gasteiger partial charge in [0.2, 0.25) is 0 Å². The van der Waals surface area contributed by atoms with Crippen LogP contribution in [0.3, 0.4) is 0 Å². The lowest BCUT2D eigenvalue weighted by Crippen LogP contribution is -2.33. The van der Waals surface area contributed by atoms with Gasteiger partial charge in [-0.05, 0) is 74.9 Å². The summed E-state index contributed by atoms with van der Waals surface area (Å²) in [4.78, 5) is 30.1. The Kier molecular flexibility index (Phi) is 8.71. The molecule has 1 heterocycles. The summed E-state index contributed by atoms with van der Waals surface area (Å²) < 4.78 is 10.7. The third-order valence-corrected chi connectivity index (χ3v) is 6.18. The predicted octanol–water partition coefficient (Wildman–Crippen LogP) is 4.25. The van der Waals surface area contributed by atoms with Gasteiger partial charge in [-0.1, -0.05) is 26.0 Å². The van der Waals surface area contributed by atoms with Crippen LogP contribution in [0.15, 0.2) is 54.1 Å². The van der Waals surface area contributed by atoms with Crippen molar-refractivity contribution in [3.63, 3.8) is 0 Å². The Morgan fingerprint density at radius 1 is 0.971 bits per heavy atom. The summed E-state index contributed by atoms with van der Waals surface area (Å²) in [5, 5.41) is 11.2. The molecule has 2 aromatic carbocycles. The van der Waals surface area contributed by atoms with Gasteiger partial charge in [-0.15, -0.1) is 0 Å². The molecule has 182 valence electrons. The summed E-state index contributed by atoms with van der Waals surface area (Å²) in [5.41, 5.74) is 1.31. The standard InChI is InChI=1S/C27H34N2O5/c1-5-28(6-2)17-8-18-29-24(19-9-15-22(16-10-19)34-7-3)23(26(31)27(29)32)25(30)20-11-13-21(33-4)14-12-20/h9-16,24,30H,5-8,17-18H2,1-4H3/b25-23+/t24-/m1/s1. The van der Waals surface area contributed by atoms with Crippen molar-refractivity contribution in [3.8, 4) is 11.5 Å². The summed E-state index contributed by atoms with van der Waals surface area (Å²) >= 11 is 0. The zero-order valence-corrected chi connectivity index (χ0v) is 20.4. The topological polar surface area (TPSA) is 79.3 Å². The average molecular weight is 467 g/mol. The van der Waals surface area contributed by atoms with Gasteiger partial charge in [-0.25, -0.2) is 0 Å². The number of hydrogen-bond donors (Lipinski definition) is 1. The maximum absolute atomic E-state index is 13.1. The molecule has 0 aromatic heterocycles. The highest BCUT2D eigenvalue weighted by Crippen LogP contribution is 2.40. The summed E-state index contributed by atoms with van der Waals surface area (Å²) in [6.07, 6.45) is 0.727. The molecule has 0 spiro atoms. The highest BCUT2D eigenvalue weighted by atomic mass is 16.5. The first-order chi connectivity index (χ1) is 16.4. The minimum absolute atomic E-state index is 0.0992. The number of benzene rings is 2. The number of Topliss-reactive ketones (excluding diaryl/α,β-unsaturated/α-hetero) is 1. The molecule has 1 aliphatic heterocycles. The number of nitrogens with zero attached hydrogens (tertiary/aromatic N) is 2. The summed E-state index contributed by atoms with van der Waals surface area (Å²) in [5.74, 6) is -0.106. The molecule has 1 N–H and O–H groups in total. The van der Waals surface area contributed by atoms with E-state index in [4.69, 9.17) is 9.47 Å². The van der Waals surface area contributed by atoms with Crippen LogP contribution in [0, 0.1) is 0 Å². The molecule has 2 aromatic rings. The minimum atomic E-state index is -0.672. The van der Waals surface area contributed by atoms with E-state index in [0.717, 1.165) is 31.6 Å². The molecule has 0 aliphatic carbocycles. The molecule has 34 heavy (non-hydrogen) atoms. The number of carbonyl (C=O) groups excluding carboxylic acids is 2. The van der Waals surface area contributed by atoms with Crippen LogP contribution >= 0.6 is 0 Å². The molecule has 7 heteroatoms. The Morgan fingerprint density at radius 3 is 2.15 bits per heavy atom. The summed E-state index contributed by atoms with van der Waals surface area (Å²) in [7, 11) is 1.56. The number of carbonyl (C=O) groups is 2. The van der Waals surface area contributed by atoms with Crippen LogP contribution in [0.1, 0.15) is 44.4 Å². The number of hydrogen-bond acceptors (Lipinski definition) is 6. The van der Waals surface area contributed by atoms with E-state index in [0.29, 0.717) is 30.2 Å². The monoisotopic (exact) mass is 466 g/mol. The number of ether oxygens (including phenoxy) is 2. The largest absolute Gasteiger partial charge is 0.507 e. The van der Waals surface area contributed by atoms with E-state index in [-0.39, 0.29) is 11.3 Å². The van der Waals surface area contributed by atoms with Crippen molar-refractivity contribution in [2.75, 3.05) is 39.9 Å². The molecule has 1 fully saturated rings. The van der Waals surface area contributed by atoms with Crippen LogP contribution in [-0.2, 0) is 9.59 Å². The maximum atomic E-state index is 13.1. The summed E-state index contributed by atoms with van der Waals surface area (Å²) in [6, 6.07) is 13.4. The molecule has 0 unspecified atom stereocenters. The third-order valence-electron chi connectivity index (χ3n) is 6.18. The van der Waals surface area contributed by atoms with Crippen molar-refractivity contribution in [1.29, 1.82) is 0 Å². The molecule has 0 saturated carbocycles. The van der Waals surface area contributed by atoms with Crippen LogP contribution in [0.2, 0.25) is 0 Å². The molecule has 1 atom stereocenters. The second-order valence-electron chi connectivity index (χ2n) is 8.10. The van der Waals surface area contributed by atoms with E-state index in [2.05, 4.69) is 18.7 Å². The molecular formula is C27H34N2O5. The fourth-order valence-corrected chi connectivity index (χ4v) is 4.28. The zero-order chi connectivity index (χ0) is 24.7. The van der Waals surface area contributed by atoms with Gasteiger partial charge in [-0.2, -0.15) is 0 Å². The Hall–Kier alpha value is -3.32. The number of rotatable bonds is 11. The van der Waals surface area contributed by atoms with E-state index in [9.17, 15) is 14.7 Å². The van der Waals surface area contributed by atoms with E-state index in [1.54, 1.807) is 36.3 Å². The van der Waals surface area contributed by atoms with Crippen LogP contribution in [0.5, 0.6) is 11.5 Å². The van der Waals surface area contributed by atoms with Gasteiger partial charge in [0.25, 0.3) is 11.7 Å². The Bertz CT molecular complexity index is 1010. The van der Waals surface area contributed by atoms with Crippen molar-refractivity contribution in [3.05, 3.63) is 65.2 Å². The Morgan fingerprint density at radius 2 is 1.59 bits per heavy atom. The zero-order valence-electron chi connectivity index (χ0n) is 20.4. The number of aliphatic hydroxyl groups excluding tert-OH is 1. The van der Waals surface area contributed by atoms with Gasteiger partial charge in [0, 0.05) is 12.1 Å². The third kappa shape index (κ3) is 5.42. The molecule has 1 amide bonds. The minimum Gasteiger partial charge on any atom is -0.507 e. The number of likely N-dealkylation sites (tertiary alicyclic amines) is 1. The molecule has 0 bridgehead atoms. The Labute approximate surface area is 201 Å². The second-order valence-corrected chi connectivity index (χ2v) is 8.10. The lowest BCUT2D eigenvalue weighted by Gasteiger charge is -2.27. The average Bonchev–Trinajstić information content (AvgIpc) is 3.12. The second kappa shape index (κ2) is 11.7. The predicted molar refractivity (Wildman–Crippen MR) is 132 cm³/mol. The normalized spacial score (nSPS) is 17.4. The van der Waals surface area contributed by atoms with Gasteiger partial charge < -0.3 is 24.4 Å². The van der Waals surface area contributed by atoms with Crippen LogP contribution in [0.4, 0.5) is 0 Å². The molecular weight excluding hydrogens is 432 g/mol. The van der Waals surface area contributed by atoms with Crippen molar-refractivity contribution in [1.82, 2.24) is 9.80 Å². The van der Waals surface area contributed by atoms with E-state index < -0.39 is 17.7 Å². The fourth-order valence-electron chi connectivity index (χ4n) is 4.28. The number of aliphatic hydroxyl groups is 1. The Balaban J connectivity index is 2.01. The molecule has 0 radical (unpaired) electrons. The maximum Gasteiger partial charge on any atom is 0.295 e. The quantitative estimate of drug-likeness (QED) is 0.303. The van der Waals surface area contributed by atoms with E-state index in [1.165, 1.54) is 0 Å². The first-order valence-electron chi connectivity index (χ1n) is 11.8.